The molecule has 1 saturated heterocycles. The molecular weight excluding hydrogens is 490 g/mol. The molecule has 4 rings (SSSR count). The quantitative estimate of drug-likeness (QED) is 0.583. The summed E-state index contributed by atoms with van der Waals surface area (Å²) < 4.78 is 27.7. The zero-order chi connectivity index (χ0) is 27.0. The zero-order valence-electron chi connectivity index (χ0n) is 22.3. The maximum Gasteiger partial charge on any atom is 0.318 e. The summed E-state index contributed by atoms with van der Waals surface area (Å²) in [5, 5.41) is 4.28. The molecule has 9 nitrogen and oxygen atoms in total. The maximum absolute atomic E-state index is 13.1. The van der Waals surface area contributed by atoms with Crippen molar-refractivity contribution in [1.29, 1.82) is 0 Å². The summed E-state index contributed by atoms with van der Waals surface area (Å²) in [5.41, 5.74) is 7.63. The molecule has 0 aromatic heterocycles. The van der Waals surface area contributed by atoms with Crippen LogP contribution in [0.5, 0.6) is 0 Å². The van der Waals surface area contributed by atoms with Gasteiger partial charge in [-0.05, 0) is 93.2 Å². The number of anilines is 1. The maximum atomic E-state index is 13.1. The number of aliphatic imine (C=N–C) groups is 1. The van der Waals surface area contributed by atoms with Crippen molar-refractivity contribution in [2.24, 2.45) is 22.6 Å². The minimum Gasteiger partial charge on any atom is -0.351 e. The molecule has 1 aliphatic carbocycles. The number of piperidine rings is 1. The summed E-state index contributed by atoms with van der Waals surface area (Å²) in [6.45, 7) is 6.46. The SMILES string of the molecule is CCC1CCC(C2=NC3(CCN(S(=O)(=O)C=Cc4c(C)cc(N(C)C(N)=O)cc4C)CC3)C(=O)N2)CC1. The molecule has 10 heteroatoms. The Morgan fingerprint density at radius 2 is 1.78 bits per heavy atom. The fourth-order valence-electron chi connectivity index (χ4n) is 5.80. The summed E-state index contributed by atoms with van der Waals surface area (Å²) in [6, 6.07) is 3.04. The predicted octanol–water partition coefficient (Wildman–Crippen LogP) is 3.70. The number of nitrogens with one attached hydrogen (secondary N) is 1. The highest BCUT2D eigenvalue weighted by atomic mass is 32.2. The van der Waals surface area contributed by atoms with Gasteiger partial charge in [-0.15, -0.1) is 0 Å². The second-order valence-electron chi connectivity index (χ2n) is 10.7. The first-order valence-corrected chi connectivity index (χ1v) is 14.7. The smallest absolute Gasteiger partial charge is 0.318 e. The number of hydrogen-bond acceptors (Lipinski definition) is 5. The molecule has 37 heavy (non-hydrogen) atoms. The summed E-state index contributed by atoms with van der Waals surface area (Å²) >= 11 is 0. The van der Waals surface area contributed by atoms with Crippen LogP contribution in [0.3, 0.4) is 0 Å². The standard InChI is InChI=1S/C27H39N5O4S/c1-5-20-6-8-21(9-7-20)24-29-25(33)27(30-24)11-13-32(14-12-27)37(35,36)15-10-23-18(2)16-22(17-19(23)3)31(4)26(28)34/h10,15-17,20-21H,5-9,11-14H2,1-4H3,(H2,28,34)(H,29,30,33). The summed E-state index contributed by atoms with van der Waals surface area (Å²) in [4.78, 5) is 30.7. The van der Waals surface area contributed by atoms with Crippen molar-refractivity contribution in [1.82, 2.24) is 9.62 Å². The van der Waals surface area contributed by atoms with Gasteiger partial charge in [0.25, 0.3) is 5.91 Å². The highest BCUT2D eigenvalue weighted by Gasteiger charge is 2.48. The number of rotatable bonds is 6. The molecule has 2 fully saturated rings. The number of urea groups is 1. The molecule has 2 heterocycles. The summed E-state index contributed by atoms with van der Waals surface area (Å²) in [5.74, 6) is 1.80. The number of benzene rings is 1. The third-order valence-electron chi connectivity index (χ3n) is 8.42. The van der Waals surface area contributed by atoms with Gasteiger partial charge in [0.2, 0.25) is 10.0 Å². The molecule has 0 unspecified atom stereocenters. The van der Waals surface area contributed by atoms with E-state index in [1.807, 2.05) is 13.8 Å². The Balaban J connectivity index is 1.43. The van der Waals surface area contributed by atoms with Crippen molar-refractivity contribution in [2.75, 3.05) is 25.0 Å². The first kappa shape index (κ1) is 27.3. The number of primary amides is 1. The lowest BCUT2D eigenvalue weighted by atomic mass is 9.80. The largest absolute Gasteiger partial charge is 0.351 e. The molecule has 1 aromatic carbocycles. The van der Waals surface area contributed by atoms with Crippen LogP contribution >= 0.6 is 0 Å². The molecule has 3 amide bonds. The predicted molar refractivity (Wildman–Crippen MR) is 147 cm³/mol. The molecule has 0 atom stereocenters. The van der Waals surface area contributed by atoms with E-state index in [1.54, 1.807) is 25.3 Å². The van der Waals surface area contributed by atoms with Crippen molar-refractivity contribution >= 4 is 39.6 Å². The van der Waals surface area contributed by atoms with E-state index in [0.29, 0.717) is 24.4 Å². The van der Waals surface area contributed by atoms with E-state index in [2.05, 4.69) is 12.2 Å². The number of nitrogens with zero attached hydrogens (tertiary/aromatic N) is 3. The van der Waals surface area contributed by atoms with E-state index in [4.69, 9.17) is 10.7 Å². The van der Waals surface area contributed by atoms with Crippen LogP contribution in [0.25, 0.3) is 6.08 Å². The van der Waals surface area contributed by atoms with Crippen molar-refractivity contribution in [3.05, 3.63) is 34.2 Å². The average Bonchev–Trinajstić information content (AvgIpc) is 3.18. The number of sulfonamides is 1. The Hall–Kier alpha value is -2.72. The molecule has 0 bridgehead atoms. The monoisotopic (exact) mass is 529 g/mol. The van der Waals surface area contributed by atoms with E-state index >= 15 is 0 Å². The lowest BCUT2D eigenvalue weighted by molar-refractivity contribution is -0.125. The first-order valence-electron chi connectivity index (χ1n) is 13.2. The average molecular weight is 530 g/mol. The molecule has 2 aliphatic heterocycles. The van der Waals surface area contributed by atoms with Crippen molar-refractivity contribution in [3.63, 3.8) is 0 Å². The van der Waals surface area contributed by atoms with Crippen molar-refractivity contribution in [3.8, 4) is 0 Å². The van der Waals surface area contributed by atoms with Crippen LogP contribution in [-0.2, 0) is 14.8 Å². The topological polar surface area (TPSA) is 125 Å². The second kappa shape index (κ2) is 10.6. The van der Waals surface area contributed by atoms with Gasteiger partial charge < -0.3 is 11.1 Å². The van der Waals surface area contributed by atoms with Gasteiger partial charge in [-0.3, -0.25) is 14.7 Å². The van der Waals surface area contributed by atoms with E-state index in [-0.39, 0.29) is 19.0 Å². The Bertz CT molecular complexity index is 1200. The van der Waals surface area contributed by atoms with Gasteiger partial charge in [-0.1, -0.05) is 13.3 Å². The number of hydrogen-bond donors (Lipinski definition) is 2. The number of aryl methyl sites for hydroxylation is 2. The fourth-order valence-corrected chi connectivity index (χ4v) is 6.98. The van der Waals surface area contributed by atoms with Crippen LogP contribution in [0.4, 0.5) is 10.5 Å². The number of carbonyl (C=O) groups is 2. The van der Waals surface area contributed by atoms with Crippen LogP contribution < -0.4 is 16.0 Å². The number of nitrogens with two attached hydrogens (primary N) is 1. The molecule has 3 aliphatic rings. The lowest BCUT2D eigenvalue weighted by Gasteiger charge is -2.34. The van der Waals surface area contributed by atoms with Crippen LogP contribution in [-0.4, -0.2) is 56.2 Å². The minimum atomic E-state index is -3.67. The van der Waals surface area contributed by atoms with Gasteiger partial charge in [-0.25, -0.2) is 13.2 Å². The van der Waals surface area contributed by atoms with E-state index in [9.17, 15) is 18.0 Å². The van der Waals surface area contributed by atoms with Gasteiger partial charge in [-0.2, -0.15) is 4.31 Å². The Morgan fingerprint density at radius 3 is 2.32 bits per heavy atom. The summed E-state index contributed by atoms with van der Waals surface area (Å²) in [7, 11) is -2.08. The van der Waals surface area contributed by atoms with Gasteiger partial charge in [0.15, 0.2) is 0 Å². The highest BCUT2D eigenvalue weighted by molar-refractivity contribution is 7.92. The number of carbonyl (C=O) groups excluding carboxylic acids is 2. The van der Waals surface area contributed by atoms with Gasteiger partial charge in [0, 0.05) is 37.2 Å². The minimum absolute atomic E-state index is 0.0834. The molecule has 0 radical (unpaired) electrons. The molecule has 1 aromatic rings. The van der Waals surface area contributed by atoms with Crippen LogP contribution in [0, 0.1) is 25.7 Å². The Morgan fingerprint density at radius 1 is 1.19 bits per heavy atom. The van der Waals surface area contributed by atoms with Crippen LogP contribution in [0.2, 0.25) is 0 Å². The van der Waals surface area contributed by atoms with Crippen LogP contribution in [0.1, 0.15) is 68.6 Å². The second-order valence-corrected chi connectivity index (χ2v) is 12.6. The lowest BCUT2D eigenvalue weighted by Crippen LogP contribution is -2.50. The normalized spacial score (nSPS) is 24.3. The van der Waals surface area contributed by atoms with Crippen LogP contribution in [0.15, 0.2) is 22.5 Å². The Kier molecular flexibility index (Phi) is 7.80. The van der Waals surface area contributed by atoms with Gasteiger partial charge in [0.05, 0.1) is 0 Å². The molecule has 1 saturated carbocycles. The van der Waals surface area contributed by atoms with E-state index in [0.717, 1.165) is 41.3 Å². The highest BCUT2D eigenvalue weighted by Crippen LogP contribution is 2.37. The summed E-state index contributed by atoms with van der Waals surface area (Å²) in [6.07, 6.45) is 8.01. The zero-order valence-corrected chi connectivity index (χ0v) is 23.1. The fraction of sp³-hybridized carbons (Fsp3) is 0.593. The van der Waals surface area contributed by atoms with E-state index < -0.39 is 21.6 Å². The first-order chi connectivity index (χ1) is 17.5. The molecule has 3 N–H and O–H groups in total. The third kappa shape index (κ3) is 5.60. The van der Waals surface area contributed by atoms with Crippen molar-refractivity contribution in [2.45, 2.75) is 71.3 Å². The molecule has 202 valence electrons. The van der Waals surface area contributed by atoms with E-state index in [1.165, 1.54) is 33.9 Å². The number of amides is 3. The Labute approximate surface area is 220 Å². The van der Waals surface area contributed by atoms with Gasteiger partial charge in [0.1, 0.15) is 11.4 Å². The van der Waals surface area contributed by atoms with Crippen molar-refractivity contribution < 1.29 is 18.0 Å². The number of amidine groups is 1. The molecule has 1 spiro atoms. The third-order valence-corrected chi connectivity index (χ3v) is 9.99. The van der Waals surface area contributed by atoms with Gasteiger partial charge >= 0.3 is 6.03 Å². The molecular formula is C27H39N5O4S.